The number of aromatic nitrogens is 1. The van der Waals surface area contributed by atoms with E-state index in [2.05, 4.69) is 4.98 Å². The molecule has 3 heteroatoms. The van der Waals surface area contributed by atoms with Crippen LogP contribution in [0.5, 0.6) is 0 Å². The number of ether oxygens (including phenoxy) is 1. The fourth-order valence-electron chi connectivity index (χ4n) is 2.08. The molecule has 15 heavy (non-hydrogen) atoms. The van der Waals surface area contributed by atoms with Gasteiger partial charge < -0.3 is 9.84 Å². The second-order valence-corrected chi connectivity index (χ2v) is 4.45. The summed E-state index contributed by atoms with van der Waals surface area (Å²) in [6, 6.07) is 3.90. The van der Waals surface area contributed by atoms with Gasteiger partial charge in [0.1, 0.15) is 0 Å². The Balaban J connectivity index is 2.03. The Morgan fingerprint density at radius 2 is 2.27 bits per heavy atom. The molecular formula is C12H17NO2. The van der Waals surface area contributed by atoms with E-state index in [0.29, 0.717) is 13.0 Å². The molecule has 0 amide bonds. The molecule has 2 rings (SSSR count). The van der Waals surface area contributed by atoms with Gasteiger partial charge in [-0.2, -0.15) is 0 Å². The highest BCUT2D eigenvalue weighted by atomic mass is 16.5. The average Bonchev–Trinajstić information content (AvgIpc) is 2.71. The Morgan fingerprint density at radius 1 is 1.53 bits per heavy atom. The van der Waals surface area contributed by atoms with Crippen molar-refractivity contribution in [2.24, 2.45) is 5.92 Å². The Hall–Kier alpha value is -0.930. The first kappa shape index (κ1) is 10.6. The Kier molecular flexibility index (Phi) is 3.03. The quantitative estimate of drug-likeness (QED) is 0.815. The number of hydrogen-bond donors (Lipinski definition) is 1. The molecule has 0 spiro atoms. The van der Waals surface area contributed by atoms with Gasteiger partial charge in [-0.1, -0.05) is 0 Å². The highest BCUT2D eigenvalue weighted by Crippen LogP contribution is 2.28. The van der Waals surface area contributed by atoms with Crippen molar-refractivity contribution in [2.75, 3.05) is 13.2 Å². The van der Waals surface area contributed by atoms with E-state index in [1.54, 1.807) is 12.4 Å². The molecule has 0 radical (unpaired) electrons. The summed E-state index contributed by atoms with van der Waals surface area (Å²) in [6.45, 7) is 3.35. The third-order valence-corrected chi connectivity index (χ3v) is 3.12. The lowest BCUT2D eigenvalue weighted by Gasteiger charge is -2.29. The van der Waals surface area contributed by atoms with Crippen LogP contribution in [0.2, 0.25) is 0 Å². The topological polar surface area (TPSA) is 42.4 Å². The maximum atomic E-state index is 10.4. The summed E-state index contributed by atoms with van der Waals surface area (Å²) in [4.78, 5) is 3.97. The van der Waals surface area contributed by atoms with Crippen LogP contribution < -0.4 is 0 Å². The maximum Gasteiger partial charge on any atom is 0.0710 e. The molecule has 3 nitrogen and oxygen atoms in total. The second kappa shape index (κ2) is 4.29. The third-order valence-electron chi connectivity index (χ3n) is 3.12. The van der Waals surface area contributed by atoms with Gasteiger partial charge in [-0.05, 0) is 31.0 Å². The molecule has 0 aromatic carbocycles. The van der Waals surface area contributed by atoms with Crippen molar-refractivity contribution < 1.29 is 9.84 Å². The standard InChI is InChI=1S/C12H17NO2/c1-12(14,11-4-7-15-9-11)8-10-2-5-13-6-3-10/h2-3,5-6,11,14H,4,7-9H2,1H3. The minimum Gasteiger partial charge on any atom is -0.389 e. The van der Waals surface area contributed by atoms with Gasteiger partial charge in [0.05, 0.1) is 12.2 Å². The molecule has 82 valence electrons. The van der Waals surface area contributed by atoms with E-state index in [9.17, 15) is 5.11 Å². The Labute approximate surface area is 90.1 Å². The number of hydrogen-bond acceptors (Lipinski definition) is 3. The predicted molar refractivity (Wildman–Crippen MR) is 57.5 cm³/mol. The van der Waals surface area contributed by atoms with E-state index < -0.39 is 5.60 Å². The molecule has 2 unspecified atom stereocenters. The zero-order valence-corrected chi connectivity index (χ0v) is 9.02. The molecular weight excluding hydrogens is 190 g/mol. The fourth-order valence-corrected chi connectivity index (χ4v) is 2.08. The molecule has 1 aromatic rings. The summed E-state index contributed by atoms with van der Waals surface area (Å²) >= 11 is 0. The number of rotatable bonds is 3. The van der Waals surface area contributed by atoms with Gasteiger partial charge in [-0.25, -0.2) is 0 Å². The Morgan fingerprint density at radius 3 is 2.87 bits per heavy atom. The van der Waals surface area contributed by atoms with E-state index in [4.69, 9.17) is 4.74 Å². The molecule has 1 aliphatic heterocycles. The van der Waals surface area contributed by atoms with Gasteiger partial charge in [0, 0.05) is 31.3 Å². The van der Waals surface area contributed by atoms with E-state index in [1.807, 2.05) is 19.1 Å². The minimum atomic E-state index is -0.669. The molecule has 0 saturated carbocycles. The van der Waals surface area contributed by atoms with E-state index in [-0.39, 0.29) is 5.92 Å². The maximum absolute atomic E-state index is 10.4. The van der Waals surface area contributed by atoms with Crippen LogP contribution in [0.4, 0.5) is 0 Å². The van der Waals surface area contributed by atoms with E-state index in [0.717, 1.165) is 18.6 Å². The normalized spacial score (nSPS) is 25.1. The minimum absolute atomic E-state index is 0.255. The molecule has 1 saturated heterocycles. The highest BCUT2D eigenvalue weighted by molar-refractivity contribution is 5.13. The molecule has 0 aliphatic carbocycles. The fraction of sp³-hybridized carbons (Fsp3) is 0.583. The zero-order chi connectivity index (χ0) is 10.7. The monoisotopic (exact) mass is 207 g/mol. The second-order valence-electron chi connectivity index (χ2n) is 4.45. The summed E-state index contributed by atoms with van der Waals surface area (Å²) in [5.74, 6) is 0.255. The Bertz CT molecular complexity index is 305. The summed E-state index contributed by atoms with van der Waals surface area (Å²) in [7, 11) is 0. The van der Waals surface area contributed by atoms with Crippen LogP contribution in [-0.4, -0.2) is 28.9 Å². The van der Waals surface area contributed by atoms with Crippen molar-refractivity contribution in [1.29, 1.82) is 0 Å². The lowest BCUT2D eigenvalue weighted by Crippen LogP contribution is -2.37. The van der Waals surface area contributed by atoms with Gasteiger partial charge in [0.25, 0.3) is 0 Å². The summed E-state index contributed by atoms with van der Waals surface area (Å²) in [5.41, 5.74) is 0.458. The molecule has 2 atom stereocenters. The van der Waals surface area contributed by atoms with Gasteiger partial charge in [0.15, 0.2) is 0 Å². The van der Waals surface area contributed by atoms with Gasteiger partial charge >= 0.3 is 0 Å². The highest BCUT2D eigenvalue weighted by Gasteiger charge is 2.34. The van der Waals surface area contributed by atoms with Crippen molar-refractivity contribution in [1.82, 2.24) is 4.98 Å². The summed E-state index contributed by atoms with van der Waals surface area (Å²) < 4.78 is 5.31. The summed E-state index contributed by atoms with van der Waals surface area (Å²) in [6.07, 6.45) is 5.15. The van der Waals surface area contributed by atoms with Crippen LogP contribution in [0, 0.1) is 5.92 Å². The molecule has 0 bridgehead atoms. The number of nitrogens with zero attached hydrogens (tertiary/aromatic N) is 1. The first-order valence-electron chi connectivity index (χ1n) is 5.37. The van der Waals surface area contributed by atoms with Crippen LogP contribution in [0.3, 0.4) is 0 Å². The van der Waals surface area contributed by atoms with Gasteiger partial charge in [0.2, 0.25) is 0 Å². The van der Waals surface area contributed by atoms with Crippen LogP contribution in [0.1, 0.15) is 18.9 Å². The van der Waals surface area contributed by atoms with E-state index in [1.165, 1.54) is 0 Å². The molecule has 1 aromatic heterocycles. The first-order valence-corrected chi connectivity index (χ1v) is 5.37. The van der Waals surface area contributed by atoms with Gasteiger partial charge in [-0.15, -0.1) is 0 Å². The SMILES string of the molecule is CC(O)(Cc1ccncc1)C1CCOC1. The lowest BCUT2D eigenvalue weighted by atomic mass is 9.83. The molecule has 2 heterocycles. The third kappa shape index (κ3) is 2.55. The van der Waals surface area contributed by atoms with E-state index >= 15 is 0 Å². The van der Waals surface area contributed by atoms with Crippen molar-refractivity contribution in [3.8, 4) is 0 Å². The van der Waals surface area contributed by atoms with Crippen LogP contribution in [0.15, 0.2) is 24.5 Å². The van der Waals surface area contributed by atoms with Gasteiger partial charge in [-0.3, -0.25) is 4.98 Å². The lowest BCUT2D eigenvalue weighted by molar-refractivity contribution is -0.00455. The van der Waals surface area contributed by atoms with Crippen LogP contribution >= 0.6 is 0 Å². The van der Waals surface area contributed by atoms with Crippen molar-refractivity contribution in [3.05, 3.63) is 30.1 Å². The molecule has 1 fully saturated rings. The number of pyridine rings is 1. The van der Waals surface area contributed by atoms with Crippen LogP contribution in [0.25, 0.3) is 0 Å². The average molecular weight is 207 g/mol. The van der Waals surface area contributed by atoms with Crippen LogP contribution in [-0.2, 0) is 11.2 Å². The molecule has 1 N–H and O–H groups in total. The van der Waals surface area contributed by atoms with Crippen molar-refractivity contribution >= 4 is 0 Å². The predicted octanol–water partition coefficient (Wildman–Crippen LogP) is 1.41. The molecule has 1 aliphatic rings. The largest absolute Gasteiger partial charge is 0.389 e. The van der Waals surface area contributed by atoms with Crippen molar-refractivity contribution in [3.63, 3.8) is 0 Å². The zero-order valence-electron chi connectivity index (χ0n) is 9.02. The first-order chi connectivity index (χ1) is 7.18. The summed E-state index contributed by atoms with van der Waals surface area (Å²) in [5, 5.41) is 10.4. The van der Waals surface area contributed by atoms with Crippen molar-refractivity contribution in [2.45, 2.75) is 25.4 Å². The smallest absolute Gasteiger partial charge is 0.0710 e. The number of aliphatic hydroxyl groups is 1.